The van der Waals surface area contributed by atoms with Crippen molar-refractivity contribution < 1.29 is 33.4 Å². The fourth-order valence-corrected chi connectivity index (χ4v) is 2.46. The van der Waals surface area contributed by atoms with E-state index in [0.29, 0.717) is 13.0 Å². The molecule has 2 amide bonds. The Morgan fingerprint density at radius 3 is 2.13 bits per heavy atom. The lowest BCUT2D eigenvalue weighted by Gasteiger charge is -2.27. The van der Waals surface area contributed by atoms with Crippen LogP contribution in [-0.2, 0) is 33.4 Å². The van der Waals surface area contributed by atoms with Crippen LogP contribution in [0.4, 0.5) is 0 Å². The molecular weight excluding hydrogens is 308 g/mol. The van der Waals surface area contributed by atoms with Crippen LogP contribution >= 0.6 is 0 Å². The van der Waals surface area contributed by atoms with Crippen LogP contribution in [0.1, 0.15) is 19.8 Å². The van der Waals surface area contributed by atoms with Crippen molar-refractivity contribution in [2.45, 2.75) is 31.9 Å². The summed E-state index contributed by atoms with van der Waals surface area (Å²) >= 11 is 0. The Morgan fingerprint density at radius 1 is 1.17 bits per heavy atom. The smallest absolute Gasteiger partial charge is 0.320 e. The Bertz CT molecular complexity index is 458. The van der Waals surface area contributed by atoms with Crippen molar-refractivity contribution in [2.75, 3.05) is 20.8 Å². The number of carbonyl (C=O) groups excluding carboxylic acids is 4. The molecule has 0 aromatic rings. The number of nitrogens with one attached hydrogen (secondary N) is 1. The number of nitrogens with two attached hydrogens (primary N) is 1. The van der Waals surface area contributed by atoms with Crippen LogP contribution in [0.2, 0.25) is 0 Å². The second kappa shape index (κ2) is 8.47. The van der Waals surface area contributed by atoms with E-state index in [9.17, 15) is 19.2 Å². The molecule has 3 N–H and O–H groups in total. The molecule has 1 rings (SSSR count). The number of amides is 2. The van der Waals surface area contributed by atoms with Gasteiger partial charge in [0.25, 0.3) is 0 Å². The van der Waals surface area contributed by atoms with Crippen LogP contribution in [0.15, 0.2) is 0 Å². The molecule has 0 unspecified atom stereocenters. The number of hydrogen-bond donors (Lipinski definition) is 2. The number of primary amides is 1. The SMILES string of the molecule is COC(=O)C(C(=O)OC)[C@@H](C)[C@H](NC(=O)[C@@H]1CCCO1)C(N)=O. The monoisotopic (exact) mass is 330 g/mol. The Labute approximate surface area is 133 Å². The first-order valence-corrected chi connectivity index (χ1v) is 7.20. The predicted octanol–water partition coefficient (Wildman–Crippen LogP) is -1.27. The molecule has 0 spiro atoms. The molecular formula is C14H22N2O7. The standard InChI is InChI=1S/C14H22N2O7/c1-7(9(13(19)21-2)14(20)22-3)10(11(15)17)16-12(18)8-5-4-6-23-8/h7-10H,4-6H2,1-3H3,(H2,15,17)(H,16,18)/t7-,8+,10+/m1/s1. The van der Waals surface area contributed by atoms with Gasteiger partial charge in [0.05, 0.1) is 14.2 Å². The maximum absolute atomic E-state index is 12.1. The lowest BCUT2D eigenvalue weighted by molar-refractivity contribution is -0.162. The Kier molecular flexibility index (Phi) is 6.95. The summed E-state index contributed by atoms with van der Waals surface area (Å²) in [4.78, 5) is 47.4. The van der Waals surface area contributed by atoms with Crippen molar-refractivity contribution in [1.82, 2.24) is 5.32 Å². The molecule has 1 saturated heterocycles. The minimum Gasteiger partial charge on any atom is -0.468 e. The third-order valence-electron chi connectivity index (χ3n) is 3.79. The Balaban J connectivity index is 2.92. The molecule has 130 valence electrons. The average molecular weight is 330 g/mol. The topological polar surface area (TPSA) is 134 Å². The molecule has 0 aromatic carbocycles. The quantitative estimate of drug-likeness (QED) is 0.439. The molecule has 9 nitrogen and oxygen atoms in total. The van der Waals surface area contributed by atoms with Crippen molar-refractivity contribution in [3.05, 3.63) is 0 Å². The summed E-state index contributed by atoms with van der Waals surface area (Å²) < 4.78 is 14.3. The van der Waals surface area contributed by atoms with Gasteiger partial charge in [-0.05, 0) is 12.8 Å². The Morgan fingerprint density at radius 2 is 1.74 bits per heavy atom. The van der Waals surface area contributed by atoms with Crippen molar-refractivity contribution in [3.63, 3.8) is 0 Å². The summed E-state index contributed by atoms with van der Waals surface area (Å²) in [5.41, 5.74) is 5.31. The van der Waals surface area contributed by atoms with Gasteiger partial charge in [-0.15, -0.1) is 0 Å². The molecule has 1 aliphatic heterocycles. The molecule has 1 fully saturated rings. The van der Waals surface area contributed by atoms with Gasteiger partial charge in [-0.1, -0.05) is 6.92 Å². The summed E-state index contributed by atoms with van der Waals surface area (Å²) in [5, 5.41) is 2.44. The van der Waals surface area contributed by atoms with Crippen LogP contribution in [0.25, 0.3) is 0 Å². The van der Waals surface area contributed by atoms with Crippen molar-refractivity contribution in [3.8, 4) is 0 Å². The zero-order valence-electron chi connectivity index (χ0n) is 13.4. The first-order valence-electron chi connectivity index (χ1n) is 7.20. The van der Waals surface area contributed by atoms with Crippen LogP contribution < -0.4 is 11.1 Å². The molecule has 0 aliphatic carbocycles. The average Bonchev–Trinajstić information content (AvgIpc) is 3.05. The Hall–Kier alpha value is -2.16. The summed E-state index contributed by atoms with van der Waals surface area (Å²) in [6.07, 6.45) is 0.601. The highest BCUT2D eigenvalue weighted by atomic mass is 16.5. The van der Waals surface area contributed by atoms with Crippen molar-refractivity contribution in [2.24, 2.45) is 17.6 Å². The molecule has 1 heterocycles. The van der Waals surface area contributed by atoms with Gasteiger partial charge in [0.1, 0.15) is 12.1 Å². The minimum atomic E-state index is -1.38. The van der Waals surface area contributed by atoms with Crippen molar-refractivity contribution >= 4 is 23.8 Å². The number of hydrogen-bond acceptors (Lipinski definition) is 7. The zero-order valence-corrected chi connectivity index (χ0v) is 13.4. The molecule has 23 heavy (non-hydrogen) atoms. The molecule has 3 atom stereocenters. The molecule has 0 aromatic heterocycles. The summed E-state index contributed by atoms with van der Waals surface area (Å²) in [6, 6.07) is -1.24. The van der Waals surface area contributed by atoms with Crippen LogP contribution in [-0.4, -0.2) is 56.7 Å². The third-order valence-corrected chi connectivity index (χ3v) is 3.79. The van der Waals surface area contributed by atoms with Gasteiger partial charge in [-0.2, -0.15) is 0 Å². The van der Waals surface area contributed by atoms with E-state index in [0.717, 1.165) is 20.6 Å². The number of ether oxygens (including phenoxy) is 3. The highest BCUT2D eigenvalue weighted by Gasteiger charge is 2.42. The maximum atomic E-state index is 12.1. The van der Waals surface area contributed by atoms with E-state index >= 15 is 0 Å². The van der Waals surface area contributed by atoms with Gasteiger partial charge in [-0.3, -0.25) is 19.2 Å². The second-order valence-electron chi connectivity index (χ2n) is 5.27. The van der Waals surface area contributed by atoms with E-state index in [2.05, 4.69) is 14.8 Å². The normalized spacial score (nSPS) is 19.7. The number of methoxy groups -OCH3 is 2. The molecule has 0 radical (unpaired) electrons. The second-order valence-corrected chi connectivity index (χ2v) is 5.27. The van der Waals surface area contributed by atoms with E-state index in [1.54, 1.807) is 0 Å². The van der Waals surface area contributed by atoms with Gasteiger partial charge < -0.3 is 25.3 Å². The van der Waals surface area contributed by atoms with E-state index < -0.39 is 47.7 Å². The van der Waals surface area contributed by atoms with Crippen LogP contribution in [0, 0.1) is 11.8 Å². The largest absolute Gasteiger partial charge is 0.468 e. The van der Waals surface area contributed by atoms with Crippen LogP contribution in [0.3, 0.4) is 0 Å². The summed E-state index contributed by atoms with van der Waals surface area (Å²) in [5.74, 6) is -5.46. The highest BCUT2D eigenvalue weighted by molar-refractivity contribution is 5.97. The minimum absolute atomic E-state index is 0.460. The molecule has 0 bridgehead atoms. The first-order chi connectivity index (χ1) is 10.8. The van der Waals surface area contributed by atoms with E-state index in [-0.39, 0.29) is 0 Å². The van der Waals surface area contributed by atoms with Gasteiger partial charge in [-0.25, -0.2) is 0 Å². The summed E-state index contributed by atoms with van der Waals surface area (Å²) in [6.45, 7) is 1.89. The number of esters is 2. The van der Waals surface area contributed by atoms with Crippen molar-refractivity contribution in [1.29, 1.82) is 0 Å². The first kappa shape index (κ1) is 18.9. The molecule has 0 saturated carbocycles. The fourth-order valence-electron chi connectivity index (χ4n) is 2.46. The van der Waals surface area contributed by atoms with Crippen LogP contribution in [0.5, 0.6) is 0 Å². The molecule has 1 aliphatic rings. The van der Waals surface area contributed by atoms with Gasteiger partial charge in [0.2, 0.25) is 11.8 Å². The van der Waals surface area contributed by atoms with Gasteiger partial charge in [0, 0.05) is 12.5 Å². The lowest BCUT2D eigenvalue weighted by atomic mass is 9.86. The zero-order chi connectivity index (χ0) is 17.6. The number of rotatable bonds is 7. The third kappa shape index (κ3) is 4.65. The number of carbonyl (C=O) groups is 4. The summed E-state index contributed by atoms with van der Waals surface area (Å²) in [7, 11) is 2.21. The lowest BCUT2D eigenvalue weighted by Crippen LogP contribution is -2.54. The van der Waals surface area contributed by atoms with E-state index in [1.807, 2.05) is 0 Å². The van der Waals surface area contributed by atoms with E-state index in [4.69, 9.17) is 10.5 Å². The molecule has 9 heteroatoms. The van der Waals surface area contributed by atoms with Gasteiger partial charge >= 0.3 is 11.9 Å². The van der Waals surface area contributed by atoms with E-state index in [1.165, 1.54) is 6.92 Å². The maximum Gasteiger partial charge on any atom is 0.320 e. The predicted molar refractivity (Wildman–Crippen MR) is 76.8 cm³/mol. The highest BCUT2D eigenvalue weighted by Crippen LogP contribution is 2.20. The van der Waals surface area contributed by atoms with Gasteiger partial charge in [0.15, 0.2) is 5.92 Å². The fraction of sp³-hybridized carbons (Fsp3) is 0.714.